The smallest absolute Gasteiger partial charge is 0.323 e. The molecule has 3 rings (SSSR count). The molecule has 0 bridgehead atoms. The zero-order chi connectivity index (χ0) is 19.1. The van der Waals surface area contributed by atoms with Crippen LogP contribution < -0.4 is 10.3 Å². The molecule has 2 N–H and O–H groups in total. The Morgan fingerprint density at radius 3 is 2.81 bits per heavy atom. The van der Waals surface area contributed by atoms with Gasteiger partial charge in [-0.25, -0.2) is 0 Å². The second-order valence-corrected chi connectivity index (χ2v) is 6.02. The predicted molar refractivity (Wildman–Crippen MR) is 98.6 cm³/mol. The quantitative estimate of drug-likeness (QED) is 0.560. The number of carbonyl (C=O) groups is 1. The van der Waals surface area contributed by atoms with Gasteiger partial charge in [0.05, 0.1) is 24.2 Å². The van der Waals surface area contributed by atoms with Crippen LogP contribution in [0.1, 0.15) is 18.4 Å². The molecule has 0 saturated carbocycles. The summed E-state index contributed by atoms with van der Waals surface area (Å²) < 4.78 is 6.88. The van der Waals surface area contributed by atoms with Crippen molar-refractivity contribution in [2.24, 2.45) is 0 Å². The summed E-state index contributed by atoms with van der Waals surface area (Å²) in [6, 6.07) is 8.99. The van der Waals surface area contributed by atoms with Crippen molar-refractivity contribution in [3.8, 4) is 17.1 Å². The topological polar surface area (TPSA) is 110 Å². The van der Waals surface area contributed by atoms with Crippen molar-refractivity contribution < 1.29 is 14.6 Å². The molecule has 3 heterocycles. The number of rotatable bonds is 9. The average Bonchev–Trinajstić information content (AvgIpc) is 3.19. The van der Waals surface area contributed by atoms with Crippen LogP contribution in [-0.2, 0) is 17.8 Å². The Hall–Kier alpha value is -3.42. The highest BCUT2D eigenvalue weighted by Crippen LogP contribution is 2.17. The van der Waals surface area contributed by atoms with Crippen molar-refractivity contribution >= 4 is 5.97 Å². The van der Waals surface area contributed by atoms with E-state index in [4.69, 9.17) is 9.84 Å². The molecule has 0 aliphatic carbocycles. The molecule has 3 aromatic rings. The summed E-state index contributed by atoms with van der Waals surface area (Å²) in [4.78, 5) is 27.3. The summed E-state index contributed by atoms with van der Waals surface area (Å²) in [7, 11) is 0. The van der Waals surface area contributed by atoms with Gasteiger partial charge in [-0.3, -0.25) is 19.7 Å². The number of pyridine rings is 2. The molecule has 0 fully saturated rings. The number of carboxylic acid groups (broad SMARTS) is 1. The van der Waals surface area contributed by atoms with E-state index in [1.165, 1.54) is 10.8 Å². The number of hydrogen-bond acceptors (Lipinski definition) is 5. The minimum atomic E-state index is -1.03. The second kappa shape index (κ2) is 8.79. The van der Waals surface area contributed by atoms with Crippen molar-refractivity contribution in [3.63, 3.8) is 0 Å². The first kappa shape index (κ1) is 18.4. The van der Waals surface area contributed by atoms with Gasteiger partial charge in [-0.05, 0) is 43.5 Å². The molecule has 0 aromatic carbocycles. The highest BCUT2D eigenvalue weighted by Gasteiger charge is 2.06. The summed E-state index contributed by atoms with van der Waals surface area (Å²) in [6.45, 7) is 0.193. The lowest BCUT2D eigenvalue weighted by atomic mass is 10.1. The number of aromatic nitrogens is 4. The monoisotopic (exact) mass is 368 g/mol. The van der Waals surface area contributed by atoms with Crippen LogP contribution in [0, 0.1) is 0 Å². The second-order valence-electron chi connectivity index (χ2n) is 6.02. The van der Waals surface area contributed by atoms with Crippen LogP contribution in [0.25, 0.3) is 11.4 Å². The molecule has 0 unspecified atom stereocenters. The number of H-pyrrole nitrogens is 1. The fourth-order valence-corrected chi connectivity index (χ4v) is 2.68. The highest BCUT2D eigenvalue weighted by atomic mass is 16.5. The number of aryl methyl sites for hydroxylation is 1. The summed E-state index contributed by atoms with van der Waals surface area (Å²) in [6.07, 6.45) is 6.95. The van der Waals surface area contributed by atoms with Gasteiger partial charge in [-0.1, -0.05) is 6.07 Å². The van der Waals surface area contributed by atoms with E-state index < -0.39 is 5.97 Å². The van der Waals surface area contributed by atoms with Crippen LogP contribution in [0.2, 0.25) is 0 Å². The number of hydrogen-bond donors (Lipinski definition) is 2. The molecule has 140 valence electrons. The van der Waals surface area contributed by atoms with Gasteiger partial charge < -0.3 is 14.4 Å². The summed E-state index contributed by atoms with van der Waals surface area (Å²) in [5.74, 6) is -0.350. The highest BCUT2D eigenvalue weighted by molar-refractivity contribution is 5.66. The van der Waals surface area contributed by atoms with E-state index in [0.717, 1.165) is 24.2 Å². The first-order chi connectivity index (χ1) is 13.1. The van der Waals surface area contributed by atoms with Gasteiger partial charge in [0.25, 0.3) is 5.56 Å². The van der Waals surface area contributed by atoms with E-state index in [1.807, 2.05) is 18.2 Å². The van der Waals surface area contributed by atoms with Crippen LogP contribution in [0.15, 0.2) is 53.7 Å². The van der Waals surface area contributed by atoms with E-state index in [9.17, 15) is 9.59 Å². The SMILES string of the molecule is O=C(O)Cn1cccc(CCCCOc2ccc(-c3ccn[nH]3)nc2)c1=O. The van der Waals surface area contributed by atoms with Gasteiger partial charge in [-0.2, -0.15) is 5.10 Å². The van der Waals surface area contributed by atoms with Crippen LogP contribution in [0.4, 0.5) is 0 Å². The summed E-state index contributed by atoms with van der Waals surface area (Å²) >= 11 is 0. The Bertz CT molecular complexity index is 933. The van der Waals surface area contributed by atoms with E-state index in [1.54, 1.807) is 24.5 Å². The zero-order valence-electron chi connectivity index (χ0n) is 14.7. The van der Waals surface area contributed by atoms with Crippen molar-refractivity contribution in [1.29, 1.82) is 0 Å². The Morgan fingerprint density at radius 2 is 2.11 bits per heavy atom. The number of unbranched alkanes of at least 4 members (excludes halogenated alkanes) is 1. The lowest BCUT2D eigenvalue weighted by Crippen LogP contribution is -2.26. The molecule has 3 aromatic heterocycles. The van der Waals surface area contributed by atoms with Crippen LogP contribution >= 0.6 is 0 Å². The lowest BCUT2D eigenvalue weighted by Gasteiger charge is -2.07. The fourth-order valence-electron chi connectivity index (χ4n) is 2.68. The first-order valence-corrected chi connectivity index (χ1v) is 8.62. The van der Waals surface area contributed by atoms with Gasteiger partial charge in [-0.15, -0.1) is 0 Å². The predicted octanol–water partition coefficient (Wildman–Crippen LogP) is 2.12. The van der Waals surface area contributed by atoms with Gasteiger partial charge in [0.2, 0.25) is 0 Å². The van der Waals surface area contributed by atoms with Gasteiger partial charge in [0, 0.05) is 18.0 Å². The molecule has 0 atom stereocenters. The van der Waals surface area contributed by atoms with E-state index in [2.05, 4.69) is 15.2 Å². The Labute approximate surface area is 155 Å². The van der Waals surface area contributed by atoms with Crippen LogP contribution in [0.3, 0.4) is 0 Å². The molecular weight excluding hydrogens is 348 g/mol. The molecule has 0 spiro atoms. The summed E-state index contributed by atoms with van der Waals surface area (Å²) in [5, 5.41) is 15.6. The number of carboxylic acids is 1. The van der Waals surface area contributed by atoms with Crippen molar-refractivity contribution in [2.75, 3.05) is 6.61 Å². The van der Waals surface area contributed by atoms with Gasteiger partial charge >= 0.3 is 5.97 Å². The number of nitrogens with zero attached hydrogens (tertiary/aromatic N) is 3. The fraction of sp³-hybridized carbons (Fsp3) is 0.263. The Kier molecular flexibility index (Phi) is 5.98. The summed E-state index contributed by atoms with van der Waals surface area (Å²) in [5.41, 5.74) is 2.00. The number of nitrogens with one attached hydrogen (secondary N) is 1. The van der Waals surface area contributed by atoms with Crippen molar-refractivity contribution in [3.05, 3.63) is 64.8 Å². The third-order valence-corrected chi connectivity index (χ3v) is 4.03. The maximum absolute atomic E-state index is 12.2. The maximum atomic E-state index is 12.2. The lowest BCUT2D eigenvalue weighted by molar-refractivity contribution is -0.137. The maximum Gasteiger partial charge on any atom is 0.323 e. The van der Waals surface area contributed by atoms with Crippen LogP contribution in [0.5, 0.6) is 5.75 Å². The average molecular weight is 368 g/mol. The number of aromatic amines is 1. The minimum Gasteiger partial charge on any atom is -0.492 e. The molecule has 0 radical (unpaired) electrons. The molecule has 27 heavy (non-hydrogen) atoms. The molecule has 8 nitrogen and oxygen atoms in total. The molecule has 0 aliphatic heterocycles. The normalized spacial score (nSPS) is 10.7. The van der Waals surface area contributed by atoms with Gasteiger partial charge in [0.15, 0.2) is 0 Å². The van der Waals surface area contributed by atoms with Gasteiger partial charge in [0.1, 0.15) is 12.3 Å². The standard InChI is InChI=1S/C19H20N4O4/c24-18(25)13-23-10-3-5-14(19(23)26)4-1-2-11-27-15-6-7-16(20-12-15)17-8-9-21-22-17/h3,5-10,12H,1-2,4,11,13H2,(H,21,22)(H,24,25). The van der Waals surface area contributed by atoms with Crippen molar-refractivity contribution in [2.45, 2.75) is 25.8 Å². The largest absolute Gasteiger partial charge is 0.492 e. The van der Waals surface area contributed by atoms with E-state index in [-0.39, 0.29) is 12.1 Å². The number of aliphatic carboxylic acids is 1. The molecular formula is C19H20N4O4. The third kappa shape index (κ3) is 5.04. The minimum absolute atomic E-state index is 0.251. The van der Waals surface area contributed by atoms with E-state index in [0.29, 0.717) is 24.3 Å². The first-order valence-electron chi connectivity index (χ1n) is 8.62. The Morgan fingerprint density at radius 1 is 1.22 bits per heavy atom. The van der Waals surface area contributed by atoms with Crippen molar-refractivity contribution in [1.82, 2.24) is 19.7 Å². The molecule has 8 heteroatoms. The van der Waals surface area contributed by atoms with Crippen LogP contribution in [-0.4, -0.2) is 37.4 Å². The molecule has 0 amide bonds. The van der Waals surface area contributed by atoms with E-state index >= 15 is 0 Å². The number of ether oxygens (including phenoxy) is 1. The zero-order valence-corrected chi connectivity index (χ0v) is 14.7. The molecule has 0 saturated heterocycles. The molecule has 0 aliphatic rings. The third-order valence-electron chi connectivity index (χ3n) is 4.03. The Balaban J connectivity index is 1.44.